The lowest BCUT2D eigenvalue weighted by molar-refractivity contribution is 0.0521. The van der Waals surface area contributed by atoms with Gasteiger partial charge >= 0.3 is 6.09 Å². The van der Waals surface area contributed by atoms with Crippen molar-refractivity contribution in [2.45, 2.75) is 58.7 Å². The monoisotopic (exact) mass is 292 g/mol. The van der Waals surface area contributed by atoms with Gasteiger partial charge in [0.2, 0.25) is 0 Å². The largest absolute Gasteiger partial charge is 0.444 e. The Hall–Kier alpha value is -1.55. The first kappa shape index (κ1) is 17.5. The highest BCUT2D eigenvalue weighted by atomic mass is 16.6. The van der Waals surface area contributed by atoms with Crippen LogP contribution < -0.4 is 10.6 Å². The quantitative estimate of drug-likeness (QED) is 0.841. The second-order valence-corrected chi connectivity index (χ2v) is 6.29. The number of alkyl carbamates (subject to hydrolysis) is 1. The van der Waals surface area contributed by atoms with Crippen molar-refractivity contribution >= 4 is 6.09 Å². The normalized spacial score (nSPS) is 14.3. The number of rotatable bonds is 6. The van der Waals surface area contributed by atoms with Gasteiger partial charge in [-0.3, -0.25) is 0 Å². The number of nitrogens with one attached hydrogen (secondary N) is 2. The van der Waals surface area contributed by atoms with E-state index in [1.807, 2.05) is 39.0 Å². The molecule has 4 heteroatoms. The average molecular weight is 292 g/mol. The van der Waals surface area contributed by atoms with Gasteiger partial charge in [0, 0.05) is 18.6 Å². The molecule has 0 aromatic heterocycles. The minimum absolute atomic E-state index is 0.215. The molecule has 4 nitrogen and oxygen atoms in total. The number of carbonyl (C=O) groups is 1. The molecule has 2 atom stereocenters. The maximum absolute atomic E-state index is 11.7. The molecule has 0 heterocycles. The zero-order valence-electron chi connectivity index (χ0n) is 13.8. The summed E-state index contributed by atoms with van der Waals surface area (Å²) in [6.07, 6.45) is 0.572. The van der Waals surface area contributed by atoms with Crippen LogP contribution in [0.5, 0.6) is 0 Å². The number of amides is 1. The summed E-state index contributed by atoms with van der Waals surface area (Å²) in [4.78, 5) is 11.7. The zero-order chi connectivity index (χ0) is 15.9. The van der Waals surface area contributed by atoms with Crippen molar-refractivity contribution in [3.05, 3.63) is 35.9 Å². The Morgan fingerprint density at radius 2 is 1.86 bits per heavy atom. The van der Waals surface area contributed by atoms with E-state index in [9.17, 15) is 4.79 Å². The molecule has 1 aromatic carbocycles. The molecule has 1 aromatic rings. The molecular weight excluding hydrogens is 264 g/mol. The van der Waals surface area contributed by atoms with E-state index in [1.165, 1.54) is 5.56 Å². The third kappa shape index (κ3) is 7.14. The van der Waals surface area contributed by atoms with Crippen LogP contribution in [0.15, 0.2) is 30.3 Å². The Morgan fingerprint density at radius 1 is 1.24 bits per heavy atom. The van der Waals surface area contributed by atoms with E-state index in [4.69, 9.17) is 4.74 Å². The molecule has 0 aliphatic rings. The van der Waals surface area contributed by atoms with Crippen molar-refractivity contribution < 1.29 is 9.53 Å². The van der Waals surface area contributed by atoms with Gasteiger partial charge in [0.05, 0.1) is 0 Å². The lowest BCUT2D eigenvalue weighted by Gasteiger charge is -2.24. The van der Waals surface area contributed by atoms with E-state index in [0.29, 0.717) is 6.54 Å². The van der Waals surface area contributed by atoms with Crippen LogP contribution in [0, 0.1) is 0 Å². The molecule has 1 amide bonds. The van der Waals surface area contributed by atoms with Gasteiger partial charge in [-0.15, -0.1) is 0 Å². The highest BCUT2D eigenvalue weighted by Crippen LogP contribution is 2.12. The van der Waals surface area contributed by atoms with E-state index >= 15 is 0 Å². The Labute approximate surface area is 128 Å². The third-order valence-corrected chi connectivity index (χ3v) is 3.17. The molecule has 0 aliphatic carbocycles. The van der Waals surface area contributed by atoms with Crippen LogP contribution in [0.2, 0.25) is 0 Å². The number of hydrogen-bond acceptors (Lipinski definition) is 3. The SMILES string of the molecule is CCC(CNC(=O)OC(C)(C)C)NC(C)c1ccccc1. The number of carbonyl (C=O) groups excluding carboxylic acids is 1. The molecule has 2 N–H and O–H groups in total. The van der Waals surface area contributed by atoms with Crippen molar-refractivity contribution in [3.63, 3.8) is 0 Å². The molecule has 118 valence electrons. The molecule has 0 bridgehead atoms. The third-order valence-electron chi connectivity index (χ3n) is 3.17. The predicted octanol–water partition coefficient (Wildman–Crippen LogP) is 3.64. The molecule has 1 rings (SSSR count). The van der Waals surface area contributed by atoms with Gasteiger partial charge in [-0.1, -0.05) is 37.3 Å². The smallest absolute Gasteiger partial charge is 0.407 e. The summed E-state index contributed by atoms with van der Waals surface area (Å²) < 4.78 is 5.24. The number of ether oxygens (including phenoxy) is 1. The summed E-state index contributed by atoms with van der Waals surface area (Å²) in [5.41, 5.74) is 0.782. The summed E-state index contributed by atoms with van der Waals surface area (Å²) >= 11 is 0. The van der Waals surface area contributed by atoms with Gasteiger partial charge < -0.3 is 15.4 Å². The first-order chi connectivity index (χ1) is 9.81. The lowest BCUT2D eigenvalue weighted by Crippen LogP contribution is -2.43. The highest BCUT2D eigenvalue weighted by Gasteiger charge is 2.17. The van der Waals surface area contributed by atoms with Crippen molar-refractivity contribution in [2.75, 3.05) is 6.54 Å². The van der Waals surface area contributed by atoms with Crippen molar-refractivity contribution in [3.8, 4) is 0 Å². The first-order valence-electron chi connectivity index (χ1n) is 7.59. The Bertz CT molecular complexity index is 426. The summed E-state index contributed by atoms with van der Waals surface area (Å²) in [6, 6.07) is 10.7. The van der Waals surface area contributed by atoms with E-state index in [2.05, 4.69) is 36.6 Å². The van der Waals surface area contributed by atoms with E-state index < -0.39 is 5.60 Å². The van der Waals surface area contributed by atoms with Gasteiger partial charge in [0.15, 0.2) is 0 Å². The molecule has 0 fully saturated rings. The maximum Gasteiger partial charge on any atom is 0.407 e. The molecular formula is C17H28N2O2. The molecule has 0 spiro atoms. The maximum atomic E-state index is 11.7. The van der Waals surface area contributed by atoms with Crippen molar-refractivity contribution in [2.24, 2.45) is 0 Å². The van der Waals surface area contributed by atoms with E-state index in [1.54, 1.807) is 0 Å². The summed E-state index contributed by atoms with van der Waals surface area (Å²) in [5.74, 6) is 0. The minimum atomic E-state index is -0.462. The fraction of sp³-hybridized carbons (Fsp3) is 0.588. The molecule has 0 saturated heterocycles. The fourth-order valence-electron chi connectivity index (χ4n) is 2.03. The van der Waals surface area contributed by atoms with Crippen LogP contribution in [0.1, 0.15) is 52.6 Å². The second-order valence-electron chi connectivity index (χ2n) is 6.29. The van der Waals surface area contributed by atoms with Crippen LogP contribution in [0.3, 0.4) is 0 Å². The van der Waals surface area contributed by atoms with Gasteiger partial charge in [-0.25, -0.2) is 4.79 Å². The first-order valence-corrected chi connectivity index (χ1v) is 7.59. The lowest BCUT2D eigenvalue weighted by atomic mass is 10.1. The van der Waals surface area contributed by atoms with Crippen molar-refractivity contribution in [1.29, 1.82) is 0 Å². The molecule has 2 unspecified atom stereocenters. The Balaban J connectivity index is 2.43. The highest BCUT2D eigenvalue weighted by molar-refractivity contribution is 5.67. The number of hydrogen-bond donors (Lipinski definition) is 2. The van der Waals surface area contributed by atoms with E-state index in [0.717, 1.165) is 6.42 Å². The Kier molecular flexibility index (Phi) is 6.69. The number of benzene rings is 1. The van der Waals surface area contributed by atoms with E-state index in [-0.39, 0.29) is 18.2 Å². The Morgan fingerprint density at radius 3 is 2.38 bits per heavy atom. The molecule has 0 radical (unpaired) electrons. The van der Waals surface area contributed by atoms with Crippen molar-refractivity contribution in [1.82, 2.24) is 10.6 Å². The predicted molar refractivity (Wildman–Crippen MR) is 86.3 cm³/mol. The van der Waals surface area contributed by atoms with Gasteiger partial charge in [0.25, 0.3) is 0 Å². The topological polar surface area (TPSA) is 50.4 Å². The summed E-state index contributed by atoms with van der Waals surface area (Å²) in [7, 11) is 0. The van der Waals surface area contributed by atoms with Gasteiger partial charge in [0.1, 0.15) is 5.60 Å². The van der Waals surface area contributed by atoms with Crippen LogP contribution in [-0.4, -0.2) is 24.3 Å². The second kappa shape index (κ2) is 8.03. The minimum Gasteiger partial charge on any atom is -0.444 e. The molecule has 0 aliphatic heterocycles. The molecule has 21 heavy (non-hydrogen) atoms. The van der Waals surface area contributed by atoms with Crippen LogP contribution >= 0.6 is 0 Å². The zero-order valence-corrected chi connectivity index (χ0v) is 13.8. The van der Waals surface area contributed by atoms with Crippen LogP contribution in [0.4, 0.5) is 4.79 Å². The average Bonchev–Trinajstić information content (AvgIpc) is 2.42. The van der Waals surface area contributed by atoms with Crippen LogP contribution in [-0.2, 0) is 4.74 Å². The summed E-state index contributed by atoms with van der Waals surface area (Å²) in [5, 5.41) is 6.35. The fourth-order valence-corrected chi connectivity index (χ4v) is 2.03. The van der Waals surface area contributed by atoms with Crippen LogP contribution in [0.25, 0.3) is 0 Å². The standard InChI is InChI=1S/C17H28N2O2/c1-6-15(12-18-16(20)21-17(3,4)5)19-13(2)14-10-8-7-9-11-14/h7-11,13,15,19H,6,12H2,1-5H3,(H,18,20). The summed E-state index contributed by atoms with van der Waals surface area (Å²) in [6.45, 7) is 10.4. The van der Waals surface area contributed by atoms with Gasteiger partial charge in [-0.05, 0) is 39.7 Å². The molecule has 0 saturated carbocycles. The van der Waals surface area contributed by atoms with Gasteiger partial charge in [-0.2, -0.15) is 0 Å².